The third kappa shape index (κ3) is 2.32. The zero-order valence-electron chi connectivity index (χ0n) is 9.84. The first-order valence-electron chi connectivity index (χ1n) is 5.72. The van der Waals surface area contributed by atoms with Gasteiger partial charge in [-0.1, -0.05) is 29.8 Å². The Kier molecular flexibility index (Phi) is 3.43. The van der Waals surface area contributed by atoms with Gasteiger partial charge in [-0.2, -0.15) is 0 Å². The molecule has 0 bridgehead atoms. The maximum atomic E-state index is 13.0. The molecular weight excluding hydrogens is 290 g/mol. The monoisotopic (exact) mass is 304 g/mol. The molecule has 4 heteroatoms. The van der Waals surface area contributed by atoms with Crippen LogP contribution in [0.25, 0.3) is 0 Å². The van der Waals surface area contributed by atoms with Crippen molar-refractivity contribution in [1.82, 2.24) is 0 Å². The second-order valence-electron chi connectivity index (χ2n) is 4.77. The number of rotatable bonds is 3. The Bertz CT molecular complexity index is 404. The largest absolute Gasteiger partial charge is 0.490 e. The summed E-state index contributed by atoms with van der Waals surface area (Å²) in [7, 11) is 0. The van der Waals surface area contributed by atoms with E-state index in [1.54, 1.807) is 0 Å². The maximum Gasteiger partial charge on any atom is 0.129 e. The fourth-order valence-corrected chi connectivity index (χ4v) is 3.12. The van der Waals surface area contributed by atoms with Crippen LogP contribution < -0.4 is 4.74 Å². The standard InChI is InChI=1S/C13H15BrF2O/c1-3-13(2)11(14)7-12(13)17-10-5-8(15)4-9(16)6-10/h4-6,11-12H,3,7H2,1-2H3. The third-order valence-electron chi connectivity index (χ3n) is 3.75. The van der Waals surface area contributed by atoms with E-state index in [9.17, 15) is 8.78 Å². The molecule has 0 aliphatic heterocycles. The van der Waals surface area contributed by atoms with E-state index >= 15 is 0 Å². The molecule has 3 atom stereocenters. The minimum absolute atomic E-state index is 0.0121. The first kappa shape index (κ1) is 12.8. The summed E-state index contributed by atoms with van der Waals surface area (Å²) >= 11 is 3.60. The van der Waals surface area contributed by atoms with E-state index in [-0.39, 0.29) is 17.3 Å². The van der Waals surface area contributed by atoms with Crippen LogP contribution in [0.1, 0.15) is 26.7 Å². The fourth-order valence-electron chi connectivity index (χ4n) is 2.16. The van der Waals surface area contributed by atoms with Gasteiger partial charge in [0.15, 0.2) is 0 Å². The molecule has 1 aliphatic rings. The van der Waals surface area contributed by atoms with E-state index in [0.717, 1.165) is 18.9 Å². The average Bonchev–Trinajstić information content (AvgIpc) is 2.26. The zero-order valence-corrected chi connectivity index (χ0v) is 11.4. The molecule has 17 heavy (non-hydrogen) atoms. The van der Waals surface area contributed by atoms with E-state index in [2.05, 4.69) is 29.8 Å². The van der Waals surface area contributed by atoms with Crippen LogP contribution in [0.3, 0.4) is 0 Å². The summed E-state index contributed by atoms with van der Waals surface area (Å²) < 4.78 is 31.7. The first-order valence-corrected chi connectivity index (χ1v) is 6.64. The van der Waals surface area contributed by atoms with Crippen LogP contribution in [0.4, 0.5) is 8.78 Å². The number of alkyl halides is 1. The second kappa shape index (κ2) is 4.56. The number of benzene rings is 1. The number of halogens is 3. The van der Waals surface area contributed by atoms with E-state index in [1.165, 1.54) is 12.1 Å². The smallest absolute Gasteiger partial charge is 0.129 e. The summed E-state index contributed by atoms with van der Waals surface area (Å²) in [4.78, 5) is 0.406. The molecular formula is C13H15BrF2O. The molecule has 1 aromatic carbocycles. The normalized spacial score (nSPS) is 32.1. The van der Waals surface area contributed by atoms with E-state index in [4.69, 9.17) is 4.74 Å². The van der Waals surface area contributed by atoms with Gasteiger partial charge in [0.05, 0.1) is 0 Å². The van der Waals surface area contributed by atoms with Gasteiger partial charge in [-0.15, -0.1) is 0 Å². The summed E-state index contributed by atoms with van der Waals surface area (Å²) in [5.41, 5.74) is 0.0305. The lowest BCUT2D eigenvalue weighted by Gasteiger charge is -2.50. The Labute approximate surface area is 108 Å². The Morgan fingerprint density at radius 3 is 2.41 bits per heavy atom. The van der Waals surface area contributed by atoms with Crippen molar-refractivity contribution >= 4 is 15.9 Å². The topological polar surface area (TPSA) is 9.23 Å². The molecule has 1 aliphatic carbocycles. The summed E-state index contributed by atoms with van der Waals surface area (Å²) in [5.74, 6) is -0.938. The Morgan fingerprint density at radius 1 is 1.35 bits per heavy atom. The molecule has 0 saturated heterocycles. The Balaban J connectivity index is 2.12. The van der Waals surface area contributed by atoms with Crippen molar-refractivity contribution in [3.8, 4) is 5.75 Å². The first-order chi connectivity index (χ1) is 7.95. The van der Waals surface area contributed by atoms with Crippen LogP contribution in [0, 0.1) is 17.0 Å². The number of ether oxygens (including phenoxy) is 1. The highest BCUT2D eigenvalue weighted by molar-refractivity contribution is 9.09. The predicted molar refractivity (Wildman–Crippen MR) is 66.5 cm³/mol. The van der Waals surface area contributed by atoms with Crippen molar-refractivity contribution in [3.63, 3.8) is 0 Å². The number of hydrogen-bond donors (Lipinski definition) is 0. The Morgan fingerprint density at radius 2 is 1.94 bits per heavy atom. The average molecular weight is 305 g/mol. The molecule has 1 aromatic rings. The van der Waals surface area contributed by atoms with Gasteiger partial charge in [0.25, 0.3) is 0 Å². The molecule has 1 saturated carbocycles. The molecule has 2 rings (SSSR count). The minimum atomic E-state index is -0.604. The highest BCUT2D eigenvalue weighted by Gasteiger charge is 2.50. The van der Waals surface area contributed by atoms with Crippen molar-refractivity contribution < 1.29 is 13.5 Å². The molecule has 1 nitrogen and oxygen atoms in total. The quantitative estimate of drug-likeness (QED) is 0.757. The van der Waals surface area contributed by atoms with E-state index in [1.807, 2.05) is 0 Å². The highest BCUT2D eigenvalue weighted by atomic mass is 79.9. The summed E-state index contributed by atoms with van der Waals surface area (Å²) in [5, 5.41) is 0. The SMILES string of the molecule is CCC1(C)C(Br)CC1Oc1cc(F)cc(F)c1. The summed E-state index contributed by atoms with van der Waals surface area (Å²) in [6.45, 7) is 4.21. The molecule has 0 N–H and O–H groups in total. The lowest BCUT2D eigenvalue weighted by atomic mass is 9.65. The molecule has 0 radical (unpaired) electrons. The molecule has 94 valence electrons. The van der Waals surface area contributed by atoms with Crippen LogP contribution in [-0.2, 0) is 0 Å². The van der Waals surface area contributed by atoms with Crippen molar-refractivity contribution in [2.24, 2.45) is 5.41 Å². The molecule has 0 aromatic heterocycles. The summed E-state index contributed by atoms with van der Waals surface area (Å²) in [6, 6.07) is 3.29. The van der Waals surface area contributed by atoms with Crippen LogP contribution in [-0.4, -0.2) is 10.9 Å². The number of hydrogen-bond acceptors (Lipinski definition) is 1. The second-order valence-corrected chi connectivity index (χ2v) is 5.88. The molecule has 0 amide bonds. The Hall–Kier alpha value is -0.640. The van der Waals surface area contributed by atoms with Crippen LogP contribution >= 0.6 is 15.9 Å². The van der Waals surface area contributed by atoms with Gasteiger partial charge in [0, 0.05) is 28.4 Å². The van der Waals surface area contributed by atoms with Gasteiger partial charge in [0.1, 0.15) is 23.5 Å². The van der Waals surface area contributed by atoms with Gasteiger partial charge in [-0.25, -0.2) is 8.78 Å². The van der Waals surface area contributed by atoms with Crippen molar-refractivity contribution in [2.45, 2.75) is 37.6 Å². The van der Waals surface area contributed by atoms with Gasteiger partial charge < -0.3 is 4.74 Å². The van der Waals surface area contributed by atoms with Crippen LogP contribution in [0.5, 0.6) is 5.75 Å². The summed E-state index contributed by atoms with van der Waals surface area (Å²) in [6.07, 6.45) is 1.84. The highest BCUT2D eigenvalue weighted by Crippen LogP contribution is 2.50. The zero-order chi connectivity index (χ0) is 12.6. The van der Waals surface area contributed by atoms with Crippen molar-refractivity contribution in [1.29, 1.82) is 0 Å². The lowest BCUT2D eigenvalue weighted by Crippen LogP contribution is -2.54. The maximum absolute atomic E-state index is 13.0. The molecule has 0 heterocycles. The van der Waals surface area contributed by atoms with Crippen molar-refractivity contribution in [2.75, 3.05) is 0 Å². The van der Waals surface area contributed by atoms with E-state index in [0.29, 0.717) is 4.83 Å². The fraction of sp³-hybridized carbons (Fsp3) is 0.538. The van der Waals surface area contributed by atoms with Crippen molar-refractivity contribution in [3.05, 3.63) is 29.8 Å². The molecule has 3 unspecified atom stereocenters. The molecule has 1 fully saturated rings. The lowest BCUT2D eigenvalue weighted by molar-refractivity contribution is -0.0246. The predicted octanol–water partition coefficient (Wildman–Crippen LogP) is 4.30. The van der Waals surface area contributed by atoms with E-state index < -0.39 is 11.6 Å². The van der Waals surface area contributed by atoms with Crippen LogP contribution in [0.2, 0.25) is 0 Å². The van der Waals surface area contributed by atoms with Gasteiger partial charge in [0.2, 0.25) is 0 Å². The van der Waals surface area contributed by atoms with Crippen LogP contribution in [0.15, 0.2) is 18.2 Å². The molecule has 0 spiro atoms. The van der Waals surface area contributed by atoms with Gasteiger partial charge in [-0.05, 0) is 12.8 Å². The third-order valence-corrected chi connectivity index (χ3v) is 5.17. The van der Waals surface area contributed by atoms with Gasteiger partial charge >= 0.3 is 0 Å². The van der Waals surface area contributed by atoms with Gasteiger partial charge in [-0.3, -0.25) is 0 Å². The minimum Gasteiger partial charge on any atom is -0.490 e.